The minimum atomic E-state index is 0.0135. The fraction of sp³-hybridized carbons (Fsp3) is 0.182. The summed E-state index contributed by atoms with van der Waals surface area (Å²) in [6.45, 7) is 1.76. The average Bonchev–Trinajstić information content (AvgIpc) is 2.60. The summed E-state index contributed by atoms with van der Waals surface area (Å²) in [6, 6.07) is 3.67. The molecule has 0 unspecified atom stereocenters. The summed E-state index contributed by atoms with van der Waals surface area (Å²) >= 11 is 3.40. The van der Waals surface area contributed by atoms with Crippen LogP contribution in [0.2, 0.25) is 0 Å². The number of rotatable bonds is 2. The third-order valence-electron chi connectivity index (χ3n) is 1.99. The van der Waals surface area contributed by atoms with Gasteiger partial charge in [0.05, 0.1) is 0 Å². The zero-order chi connectivity index (χ0) is 10.8. The lowest BCUT2D eigenvalue weighted by Crippen LogP contribution is -1.92. The van der Waals surface area contributed by atoms with Gasteiger partial charge in [-0.05, 0) is 30.7 Å². The highest BCUT2D eigenvalue weighted by Crippen LogP contribution is 2.37. The molecular formula is C11H9BrO3. The van der Waals surface area contributed by atoms with Crippen LogP contribution in [0.15, 0.2) is 22.7 Å². The van der Waals surface area contributed by atoms with E-state index in [0.29, 0.717) is 5.75 Å². The van der Waals surface area contributed by atoms with Gasteiger partial charge in [-0.1, -0.05) is 22.0 Å². The Kier molecular flexibility index (Phi) is 2.77. The number of carbonyl (C=O) groups is 1. The SMILES string of the molecule is CC(=O)/C=C/c1cc2c(cc1Br)OCO2. The summed E-state index contributed by atoms with van der Waals surface area (Å²) in [5, 5.41) is 0. The molecule has 1 aromatic carbocycles. The molecule has 1 aliphatic heterocycles. The second-order valence-corrected chi connectivity index (χ2v) is 4.03. The first-order valence-corrected chi connectivity index (χ1v) is 5.24. The summed E-state index contributed by atoms with van der Waals surface area (Å²) in [4.78, 5) is 10.8. The summed E-state index contributed by atoms with van der Waals surface area (Å²) in [5.41, 5.74) is 0.898. The number of fused-ring (bicyclic) bond motifs is 1. The van der Waals surface area contributed by atoms with Gasteiger partial charge in [0.1, 0.15) is 0 Å². The van der Waals surface area contributed by atoms with E-state index < -0.39 is 0 Å². The molecule has 0 aliphatic carbocycles. The standard InChI is InChI=1S/C11H9BrO3/c1-7(13)2-3-8-4-10-11(5-9(8)12)15-6-14-10/h2-5H,6H2,1H3/b3-2+. The third-order valence-corrected chi connectivity index (χ3v) is 2.68. The smallest absolute Gasteiger partial charge is 0.231 e. The van der Waals surface area contributed by atoms with E-state index in [-0.39, 0.29) is 12.6 Å². The summed E-state index contributed by atoms with van der Waals surface area (Å²) in [7, 11) is 0. The van der Waals surface area contributed by atoms with Crippen molar-refractivity contribution < 1.29 is 14.3 Å². The van der Waals surface area contributed by atoms with E-state index in [1.54, 1.807) is 6.08 Å². The van der Waals surface area contributed by atoms with Crippen LogP contribution in [0, 0.1) is 0 Å². The molecule has 2 rings (SSSR count). The molecule has 0 amide bonds. The Hall–Kier alpha value is -1.29. The molecule has 0 saturated carbocycles. The molecule has 0 bridgehead atoms. The van der Waals surface area contributed by atoms with E-state index in [1.807, 2.05) is 12.1 Å². The number of hydrogen-bond donors (Lipinski definition) is 0. The third kappa shape index (κ3) is 2.21. The minimum Gasteiger partial charge on any atom is -0.454 e. The highest BCUT2D eigenvalue weighted by molar-refractivity contribution is 9.10. The molecular weight excluding hydrogens is 260 g/mol. The van der Waals surface area contributed by atoms with E-state index in [1.165, 1.54) is 13.0 Å². The van der Waals surface area contributed by atoms with Gasteiger partial charge in [0.25, 0.3) is 0 Å². The molecule has 0 spiro atoms. The summed E-state index contributed by atoms with van der Waals surface area (Å²) in [5.74, 6) is 1.45. The molecule has 0 atom stereocenters. The Morgan fingerprint density at radius 3 is 2.73 bits per heavy atom. The molecule has 1 aliphatic rings. The van der Waals surface area contributed by atoms with Crippen LogP contribution in [0.25, 0.3) is 6.08 Å². The Labute approximate surface area is 95.8 Å². The van der Waals surface area contributed by atoms with Crippen LogP contribution >= 0.6 is 15.9 Å². The van der Waals surface area contributed by atoms with Crippen LogP contribution in [-0.4, -0.2) is 12.6 Å². The Bertz CT molecular complexity index is 438. The van der Waals surface area contributed by atoms with Crippen LogP contribution < -0.4 is 9.47 Å². The van der Waals surface area contributed by atoms with E-state index in [2.05, 4.69) is 15.9 Å². The van der Waals surface area contributed by atoms with Crippen LogP contribution in [0.1, 0.15) is 12.5 Å². The molecule has 3 nitrogen and oxygen atoms in total. The number of hydrogen-bond acceptors (Lipinski definition) is 3. The number of ether oxygens (including phenoxy) is 2. The van der Waals surface area contributed by atoms with Crippen molar-refractivity contribution in [3.8, 4) is 11.5 Å². The van der Waals surface area contributed by atoms with Crippen molar-refractivity contribution in [1.82, 2.24) is 0 Å². The molecule has 15 heavy (non-hydrogen) atoms. The highest BCUT2D eigenvalue weighted by atomic mass is 79.9. The molecule has 0 radical (unpaired) electrons. The lowest BCUT2D eigenvalue weighted by atomic mass is 10.2. The van der Waals surface area contributed by atoms with Crippen molar-refractivity contribution in [3.63, 3.8) is 0 Å². The van der Waals surface area contributed by atoms with E-state index in [4.69, 9.17) is 9.47 Å². The van der Waals surface area contributed by atoms with Crippen LogP contribution in [0.5, 0.6) is 11.5 Å². The van der Waals surface area contributed by atoms with Crippen molar-refractivity contribution in [2.45, 2.75) is 6.92 Å². The zero-order valence-electron chi connectivity index (χ0n) is 8.12. The van der Waals surface area contributed by atoms with E-state index >= 15 is 0 Å². The molecule has 0 saturated heterocycles. The van der Waals surface area contributed by atoms with Gasteiger partial charge >= 0.3 is 0 Å². The highest BCUT2D eigenvalue weighted by Gasteiger charge is 2.15. The quantitative estimate of drug-likeness (QED) is 0.774. The van der Waals surface area contributed by atoms with Crippen molar-refractivity contribution in [2.75, 3.05) is 6.79 Å². The molecule has 78 valence electrons. The maximum Gasteiger partial charge on any atom is 0.231 e. The molecule has 1 aromatic rings. The lowest BCUT2D eigenvalue weighted by Gasteiger charge is -2.01. The van der Waals surface area contributed by atoms with Crippen molar-refractivity contribution >= 4 is 27.8 Å². The van der Waals surface area contributed by atoms with Gasteiger partial charge in [-0.3, -0.25) is 4.79 Å². The van der Waals surface area contributed by atoms with Gasteiger partial charge < -0.3 is 9.47 Å². The second-order valence-electron chi connectivity index (χ2n) is 3.17. The Morgan fingerprint density at radius 2 is 2.07 bits per heavy atom. The zero-order valence-corrected chi connectivity index (χ0v) is 9.71. The largest absolute Gasteiger partial charge is 0.454 e. The molecule has 0 N–H and O–H groups in total. The topological polar surface area (TPSA) is 35.5 Å². The molecule has 0 aromatic heterocycles. The average molecular weight is 269 g/mol. The number of halogens is 1. The van der Waals surface area contributed by atoms with Crippen molar-refractivity contribution in [2.24, 2.45) is 0 Å². The number of benzene rings is 1. The number of ketones is 1. The number of allylic oxidation sites excluding steroid dienone is 1. The molecule has 4 heteroatoms. The maximum absolute atomic E-state index is 10.8. The Morgan fingerprint density at radius 1 is 1.40 bits per heavy atom. The van der Waals surface area contributed by atoms with Crippen molar-refractivity contribution in [1.29, 1.82) is 0 Å². The van der Waals surface area contributed by atoms with Gasteiger partial charge in [0, 0.05) is 4.47 Å². The minimum absolute atomic E-state index is 0.0135. The number of carbonyl (C=O) groups excluding carboxylic acids is 1. The molecule has 1 heterocycles. The second kappa shape index (κ2) is 4.06. The van der Waals surface area contributed by atoms with Gasteiger partial charge in [-0.15, -0.1) is 0 Å². The summed E-state index contributed by atoms with van der Waals surface area (Å²) < 4.78 is 11.3. The normalized spacial score (nSPS) is 13.5. The van der Waals surface area contributed by atoms with Crippen LogP contribution in [-0.2, 0) is 4.79 Å². The lowest BCUT2D eigenvalue weighted by molar-refractivity contribution is -0.112. The fourth-order valence-corrected chi connectivity index (χ4v) is 1.72. The first-order valence-electron chi connectivity index (χ1n) is 4.44. The van der Waals surface area contributed by atoms with Crippen LogP contribution in [0.3, 0.4) is 0 Å². The van der Waals surface area contributed by atoms with Gasteiger partial charge in [0.2, 0.25) is 6.79 Å². The first-order chi connectivity index (χ1) is 7.16. The van der Waals surface area contributed by atoms with Crippen LogP contribution in [0.4, 0.5) is 0 Å². The Balaban J connectivity index is 2.36. The predicted molar refractivity (Wildman–Crippen MR) is 60.0 cm³/mol. The monoisotopic (exact) mass is 268 g/mol. The van der Waals surface area contributed by atoms with Gasteiger partial charge in [-0.2, -0.15) is 0 Å². The maximum atomic E-state index is 10.8. The van der Waals surface area contributed by atoms with E-state index in [0.717, 1.165) is 15.8 Å². The van der Waals surface area contributed by atoms with Crippen molar-refractivity contribution in [3.05, 3.63) is 28.2 Å². The van der Waals surface area contributed by atoms with E-state index in [9.17, 15) is 4.79 Å². The fourth-order valence-electron chi connectivity index (χ4n) is 1.27. The molecule has 0 fully saturated rings. The summed E-state index contributed by atoms with van der Waals surface area (Å²) in [6.07, 6.45) is 3.26. The van der Waals surface area contributed by atoms with Gasteiger partial charge in [-0.25, -0.2) is 0 Å². The first kappa shape index (κ1) is 10.2. The van der Waals surface area contributed by atoms with Gasteiger partial charge in [0.15, 0.2) is 17.3 Å². The predicted octanol–water partition coefficient (Wildman–Crippen LogP) is 2.78.